The highest BCUT2D eigenvalue weighted by atomic mass is 19.4. The summed E-state index contributed by atoms with van der Waals surface area (Å²) < 4.78 is 343. The van der Waals surface area contributed by atoms with Crippen molar-refractivity contribution in [2.75, 3.05) is 0 Å². The minimum absolute atomic E-state index is 0.691. The Morgan fingerprint density at radius 3 is 0.908 bits per heavy atom. The van der Waals surface area contributed by atoms with Crippen LogP contribution in [0.3, 0.4) is 0 Å². The van der Waals surface area contributed by atoms with Gasteiger partial charge in [0, 0.05) is 22.4 Å². The number of fused-ring (bicyclic) bond motifs is 1. The van der Waals surface area contributed by atoms with Crippen LogP contribution < -0.4 is 26.4 Å². The summed E-state index contributed by atoms with van der Waals surface area (Å²) in [6, 6.07) is 11.6. The van der Waals surface area contributed by atoms with E-state index < -0.39 is 195 Å². The van der Waals surface area contributed by atoms with Gasteiger partial charge in [-0.05, 0) is 36.4 Å². The predicted molar refractivity (Wildman–Crippen MR) is 224 cm³/mol. The second-order valence-corrected chi connectivity index (χ2v) is 16.7. The molecule has 7 rings (SSSR count). The van der Waals surface area contributed by atoms with Gasteiger partial charge in [-0.15, -0.1) is 0 Å². The molecule has 0 radical (unpaired) electrons. The van der Waals surface area contributed by atoms with Gasteiger partial charge in [0.15, 0.2) is 18.9 Å². The molecule has 0 aliphatic rings. The SMILES string of the molecule is FC(F)(F)c1cc([B-](c2cc(C(F)(F)F)cc(C(F)(F)F)c2)(c2cc(C(F)(F)F)cc(C(F)(F)F)c2)c2cc(C(F)(F)F)cc(C(F)(F)F)c2)cc(C(F)(F)F)c1.N#Cc1cccc2c[n+](Cc3ccccc3)ccc12. The average Bonchev–Trinajstić information content (AvgIpc) is 3.29. The van der Waals surface area contributed by atoms with E-state index in [4.69, 9.17) is 5.26 Å². The first-order valence-corrected chi connectivity index (χ1v) is 20.8. The van der Waals surface area contributed by atoms with Crippen LogP contribution in [-0.4, -0.2) is 6.15 Å². The Kier molecular flexibility index (Phi) is 15.2. The van der Waals surface area contributed by atoms with Crippen LogP contribution in [0, 0.1) is 11.3 Å². The Morgan fingerprint density at radius 2 is 0.645 bits per heavy atom. The van der Waals surface area contributed by atoms with Crippen LogP contribution in [0.1, 0.15) is 55.6 Å². The quantitative estimate of drug-likeness (QED) is 0.0926. The summed E-state index contributed by atoms with van der Waals surface area (Å²) in [5, 5.41) is 11.2. The lowest BCUT2D eigenvalue weighted by Gasteiger charge is -2.46. The normalized spacial score (nSPS) is 13.3. The number of rotatable bonds is 6. The summed E-state index contributed by atoms with van der Waals surface area (Å²) in [4.78, 5) is 0. The van der Waals surface area contributed by atoms with Crippen molar-refractivity contribution >= 4 is 38.8 Å². The van der Waals surface area contributed by atoms with E-state index in [2.05, 4.69) is 29.0 Å². The van der Waals surface area contributed by atoms with Crippen molar-refractivity contribution in [1.82, 2.24) is 0 Å². The number of alkyl halides is 24. The fraction of sp³-hybridized carbons (Fsp3) is 0.184. The van der Waals surface area contributed by atoms with Gasteiger partial charge in [0.25, 0.3) is 0 Å². The minimum atomic E-state index is -6.13. The molecule has 7 aromatic rings. The Labute approximate surface area is 411 Å². The van der Waals surface area contributed by atoms with Crippen LogP contribution in [0.4, 0.5) is 105 Å². The molecule has 0 fully saturated rings. The number of nitrogens with zero attached hydrogens (tertiary/aromatic N) is 2. The molecule has 0 atom stereocenters. The Bertz CT molecular complexity index is 2860. The predicted octanol–water partition coefficient (Wildman–Crippen LogP) is 14.3. The number of pyridine rings is 1. The van der Waals surface area contributed by atoms with Gasteiger partial charge in [-0.3, -0.25) is 0 Å². The maximum Gasteiger partial charge on any atom is 0.416 e. The lowest BCUT2D eigenvalue weighted by atomic mass is 9.12. The van der Waals surface area contributed by atoms with E-state index >= 15 is 0 Å². The van der Waals surface area contributed by atoms with Gasteiger partial charge in [0.05, 0.1) is 56.1 Å². The summed E-state index contributed by atoms with van der Waals surface area (Å²) in [7, 11) is 0. The highest BCUT2D eigenvalue weighted by Gasteiger charge is 2.47. The van der Waals surface area contributed by atoms with Gasteiger partial charge in [-0.1, -0.05) is 84.9 Å². The molecule has 76 heavy (non-hydrogen) atoms. The molecule has 0 unspecified atom stereocenters. The molecule has 0 bridgehead atoms. The number of hydrogen-bond donors (Lipinski definition) is 0. The van der Waals surface area contributed by atoms with Crippen LogP contribution in [0.2, 0.25) is 0 Å². The maximum atomic E-state index is 14.2. The van der Waals surface area contributed by atoms with Crippen LogP contribution in [0.5, 0.6) is 0 Å². The fourth-order valence-electron chi connectivity index (χ4n) is 8.33. The Hall–Kier alpha value is -7.40. The number of halogens is 24. The van der Waals surface area contributed by atoms with Gasteiger partial charge in [-0.25, -0.2) is 4.57 Å². The summed E-state index contributed by atoms with van der Waals surface area (Å²) in [6.45, 7) is 0.841. The van der Waals surface area contributed by atoms with Crippen molar-refractivity contribution in [3.8, 4) is 6.07 Å². The molecule has 0 saturated heterocycles. The Balaban J connectivity index is 0.000000408. The lowest BCUT2D eigenvalue weighted by molar-refractivity contribution is -0.687. The molecule has 6 aromatic carbocycles. The van der Waals surface area contributed by atoms with Crippen molar-refractivity contribution < 1.29 is 110 Å². The zero-order valence-corrected chi connectivity index (χ0v) is 37.0. The first-order chi connectivity index (χ1) is 34.6. The summed E-state index contributed by atoms with van der Waals surface area (Å²) >= 11 is 0. The number of aromatic nitrogens is 1. The van der Waals surface area contributed by atoms with Gasteiger partial charge >= 0.3 is 49.4 Å². The van der Waals surface area contributed by atoms with Crippen molar-refractivity contribution in [2.24, 2.45) is 0 Å². The van der Waals surface area contributed by atoms with Gasteiger partial charge in [0.2, 0.25) is 0 Å². The highest BCUT2D eigenvalue weighted by Crippen LogP contribution is 2.41. The number of hydrogen-bond acceptors (Lipinski definition) is 1. The molecular formula is C49H25BF24N2. The molecule has 0 amide bonds. The van der Waals surface area contributed by atoms with Crippen LogP contribution in [0.25, 0.3) is 10.8 Å². The van der Waals surface area contributed by atoms with Crippen molar-refractivity contribution in [3.05, 3.63) is 195 Å². The van der Waals surface area contributed by atoms with E-state index in [0.717, 1.165) is 22.9 Å². The van der Waals surface area contributed by atoms with E-state index in [-0.39, 0.29) is 0 Å². The number of benzene rings is 6. The topological polar surface area (TPSA) is 27.7 Å². The average molecular weight is 1110 g/mol. The van der Waals surface area contributed by atoms with E-state index in [9.17, 15) is 105 Å². The van der Waals surface area contributed by atoms with Crippen molar-refractivity contribution in [1.29, 1.82) is 5.26 Å². The summed E-state index contributed by atoms with van der Waals surface area (Å²) in [6.07, 6.45) is -50.7. The van der Waals surface area contributed by atoms with E-state index in [1.54, 1.807) is 0 Å². The first kappa shape index (κ1) is 57.9. The first-order valence-electron chi connectivity index (χ1n) is 20.8. The van der Waals surface area contributed by atoms with Crippen molar-refractivity contribution in [3.63, 3.8) is 0 Å². The molecule has 2 nitrogen and oxygen atoms in total. The third-order valence-electron chi connectivity index (χ3n) is 11.6. The third-order valence-corrected chi connectivity index (χ3v) is 11.6. The number of nitriles is 1. The lowest BCUT2D eigenvalue weighted by Crippen LogP contribution is -2.75. The largest absolute Gasteiger partial charge is 0.416 e. The molecule has 1 heterocycles. The van der Waals surface area contributed by atoms with Crippen LogP contribution in [-0.2, 0) is 56.0 Å². The van der Waals surface area contributed by atoms with Gasteiger partial charge in [-0.2, -0.15) is 132 Å². The molecule has 0 saturated carbocycles. The summed E-state index contributed by atoms with van der Waals surface area (Å²) in [5.41, 5.74) is -28.2. The molecular weight excluding hydrogens is 1080 g/mol. The van der Waals surface area contributed by atoms with Gasteiger partial charge in [0.1, 0.15) is 6.15 Å². The van der Waals surface area contributed by atoms with E-state index in [1.807, 2.05) is 48.7 Å². The van der Waals surface area contributed by atoms with E-state index in [0.29, 0.717) is 0 Å². The van der Waals surface area contributed by atoms with Crippen LogP contribution >= 0.6 is 0 Å². The third kappa shape index (κ3) is 12.8. The monoisotopic (exact) mass is 1110 g/mol. The second kappa shape index (κ2) is 20.0. The minimum Gasteiger partial charge on any atom is -0.200 e. The van der Waals surface area contributed by atoms with E-state index in [1.165, 1.54) is 5.56 Å². The van der Waals surface area contributed by atoms with Crippen molar-refractivity contribution in [2.45, 2.75) is 56.0 Å². The molecule has 0 aliphatic carbocycles. The molecule has 27 heteroatoms. The zero-order valence-electron chi connectivity index (χ0n) is 37.0. The molecule has 0 spiro atoms. The second-order valence-electron chi connectivity index (χ2n) is 16.7. The molecule has 0 aliphatic heterocycles. The highest BCUT2D eigenvalue weighted by molar-refractivity contribution is 7.20. The van der Waals surface area contributed by atoms with Crippen LogP contribution in [0.15, 0.2) is 140 Å². The fourth-order valence-corrected chi connectivity index (χ4v) is 8.33. The molecule has 402 valence electrons. The molecule has 1 aromatic heterocycles. The standard InChI is InChI=1S/C32H12BF24.C17H13N2/c34-25(35,36)13-1-14(26(37,38)39)6-21(5-13)33(22-7-15(27(40,41)42)2-16(8-22)28(43,44)45,23-9-17(29(46,47)48)3-18(10-23)30(49,50)51)24-11-19(31(52,53)54)4-20(12-24)32(55,56)57;18-11-15-7-4-8-16-13-19(10-9-17(15)16)12-14-5-2-1-3-6-14/h1-12H;1-10,13H,12H2/q-1;+1. The van der Waals surface area contributed by atoms with Gasteiger partial charge < -0.3 is 0 Å². The Morgan fingerprint density at radius 1 is 0.355 bits per heavy atom. The zero-order chi connectivity index (χ0) is 57.0. The maximum absolute atomic E-state index is 14.2. The summed E-state index contributed by atoms with van der Waals surface area (Å²) in [5.74, 6) is 0. The molecule has 0 N–H and O–H groups in total. The smallest absolute Gasteiger partial charge is 0.200 e.